The smallest absolute Gasteiger partial charge is 0.224 e. The number of methoxy groups -OCH3 is 1. The maximum absolute atomic E-state index is 12.4. The van der Waals surface area contributed by atoms with Crippen LogP contribution in [0.15, 0.2) is 36.7 Å². The molecule has 6 nitrogen and oxygen atoms in total. The third-order valence-corrected chi connectivity index (χ3v) is 5.04. The molecule has 27 heavy (non-hydrogen) atoms. The van der Waals surface area contributed by atoms with Crippen molar-refractivity contribution >= 4 is 23.2 Å². The predicted octanol–water partition coefficient (Wildman–Crippen LogP) is 3.77. The van der Waals surface area contributed by atoms with Crippen LogP contribution in [0.4, 0.5) is 5.69 Å². The van der Waals surface area contributed by atoms with E-state index in [1.807, 2.05) is 6.07 Å². The summed E-state index contributed by atoms with van der Waals surface area (Å²) in [4.78, 5) is 23.3. The van der Waals surface area contributed by atoms with Gasteiger partial charge in [-0.3, -0.25) is 9.69 Å². The molecule has 1 aliphatic heterocycles. The first-order valence-corrected chi connectivity index (χ1v) is 9.63. The summed E-state index contributed by atoms with van der Waals surface area (Å²) < 4.78 is 5.27. The van der Waals surface area contributed by atoms with Gasteiger partial charge in [-0.25, -0.2) is 9.97 Å². The van der Waals surface area contributed by atoms with Gasteiger partial charge in [0.05, 0.1) is 19.3 Å². The number of halogens is 1. The third-order valence-electron chi connectivity index (χ3n) is 4.80. The number of rotatable bonds is 7. The van der Waals surface area contributed by atoms with E-state index in [0.29, 0.717) is 28.8 Å². The molecule has 0 saturated carbocycles. The Morgan fingerprint density at radius 1 is 1.37 bits per heavy atom. The summed E-state index contributed by atoms with van der Waals surface area (Å²) in [6.45, 7) is 2.80. The molecule has 1 amide bonds. The minimum Gasteiger partial charge on any atom is -0.495 e. The predicted molar refractivity (Wildman–Crippen MR) is 106 cm³/mol. The molecular weight excluding hydrogens is 364 g/mol. The van der Waals surface area contributed by atoms with Gasteiger partial charge in [0.15, 0.2) is 0 Å². The maximum Gasteiger partial charge on any atom is 0.224 e. The van der Waals surface area contributed by atoms with E-state index in [1.165, 1.54) is 0 Å². The fourth-order valence-electron chi connectivity index (χ4n) is 3.47. The Morgan fingerprint density at radius 2 is 2.19 bits per heavy atom. The van der Waals surface area contributed by atoms with Gasteiger partial charge in [0, 0.05) is 30.4 Å². The van der Waals surface area contributed by atoms with Crippen LogP contribution in [0.2, 0.25) is 5.02 Å². The van der Waals surface area contributed by atoms with Gasteiger partial charge in [0.2, 0.25) is 5.91 Å². The third kappa shape index (κ3) is 5.91. The molecule has 144 valence electrons. The highest BCUT2D eigenvalue weighted by molar-refractivity contribution is 6.31. The molecule has 1 saturated heterocycles. The number of anilines is 1. The Morgan fingerprint density at radius 3 is 2.96 bits per heavy atom. The van der Waals surface area contributed by atoms with Gasteiger partial charge in [-0.2, -0.15) is 0 Å². The van der Waals surface area contributed by atoms with E-state index in [9.17, 15) is 4.79 Å². The number of carbonyl (C=O) groups excluding carboxylic acids is 1. The van der Waals surface area contributed by atoms with Crippen molar-refractivity contribution in [2.24, 2.45) is 5.92 Å². The van der Waals surface area contributed by atoms with Gasteiger partial charge in [0.25, 0.3) is 0 Å². The van der Waals surface area contributed by atoms with Crippen molar-refractivity contribution in [3.05, 3.63) is 47.5 Å². The normalized spacial score (nSPS) is 17.5. The van der Waals surface area contributed by atoms with Gasteiger partial charge < -0.3 is 10.1 Å². The Hall–Kier alpha value is -2.18. The molecule has 1 N–H and O–H groups in total. The van der Waals surface area contributed by atoms with Crippen LogP contribution >= 0.6 is 11.6 Å². The first-order valence-electron chi connectivity index (χ1n) is 9.25. The van der Waals surface area contributed by atoms with Crippen molar-refractivity contribution in [3.63, 3.8) is 0 Å². The van der Waals surface area contributed by atoms with Crippen LogP contribution < -0.4 is 10.1 Å². The van der Waals surface area contributed by atoms with Crippen LogP contribution in [-0.4, -0.2) is 41.0 Å². The second-order valence-electron chi connectivity index (χ2n) is 6.84. The maximum atomic E-state index is 12.4. The number of nitrogens with one attached hydrogen (secondary N) is 1. The zero-order valence-electron chi connectivity index (χ0n) is 15.5. The van der Waals surface area contributed by atoms with Crippen LogP contribution in [-0.2, 0) is 11.3 Å². The van der Waals surface area contributed by atoms with Crippen LogP contribution in [0.3, 0.4) is 0 Å². The monoisotopic (exact) mass is 388 g/mol. The highest BCUT2D eigenvalue weighted by Crippen LogP contribution is 2.28. The van der Waals surface area contributed by atoms with E-state index >= 15 is 0 Å². The second-order valence-corrected chi connectivity index (χ2v) is 7.28. The zero-order chi connectivity index (χ0) is 19.1. The van der Waals surface area contributed by atoms with Crippen molar-refractivity contribution in [2.75, 3.05) is 25.5 Å². The summed E-state index contributed by atoms with van der Waals surface area (Å²) in [7, 11) is 1.58. The molecule has 3 rings (SSSR count). The van der Waals surface area contributed by atoms with Crippen molar-refractivity contribution in [2.45, 2.75) is 32.2 Å². The molecule has 0 bridgehead atoms. The minimum atomic E-state index is -0.0147. The standard InChI is InChI=1S/C20H25ClN4O2/c1-27-18-7-6-16(21)12-17(18)24-20(26)8-5-15-4-2-11-25(13-15)14-19-22-9-3-10-23-19/h3,6-7,9-10,12,15H,2,4-5,8,11,13-14H2,1H3,(H,24,26)/t15-/m1/s1. The quantitative estimate of drug-likeness (QED) is 0.782. The lowest BCUT2D eigenvalue weighted by Crippen LogP contribution is -2.35. The van der Waals surface area contributed by atoms with Crippen LogP contribution in [0.25, 0.3) is 0 Å². The number of amides is 1. The molecule has 1 fully saturated rings. The van der Waals surface area contributed by atoms with E-state index in [4.69, 9.17) is 16.3 Å². The van der Waals surface area contributed by atoms with Gasteiger partial charge in [0.1, 0.15) is 11.6 Å². The molecule has 1 aromatic carbocycles. The first kappa shape index (κ1) is 19.6. The van der Waals surface area contributed by atoms with Crippen molar-refractivity contribution in [1.82, 2.24) is 14.9 Å². The lowest BCUT2D eigenvalue weighted by molar-refractivity contribution is -0.116. The van der Waals surface area contributed by atoms with Crippen LogP contribution in [0.5, 0.6) is 5.75 Å². The second kappa shape index (κ2) is 9.67. The van der Waals surface area contributed by atoms with E-state index in [0.717, 1.165) is 44.7 Å². The lowest BCUT2D eigenvalue weighted by Gasteiger charge is -2.32. The number of hydrogen-bond acceptors (Lipinski definition) is 5. The highest BCUT2D eigenvalue weighted by Gasteiger charge is 2.21. The number of benzene rings is 1. The van der Waals surface area contributed by atoms with Gasteiger partial charge in [-0.05, 0) is 56.0 Å². The van der Waals surface area contributed by atoms with E-state index in [-0.39, 0.29) is 5.91 Å². The number of carbonyl (C=O) groups is 1. The molecule has 1 aromatic heterocycles. The summed E-state index contributed by atoms with van der Waals surface area (Å²) >= 11 is 6.02. The number of likely N-dealkylation sites (tertiary alicyclic amines) is 1. The zero-order valence-corrected chi connectivity index (χ0v) is 16.3. The molecule has 0 spiro atoms. The molecule has 1 aliphatic rings. The van der Waals surface area contributed by atoms with Crippen LogP contribution in [0.1, 0.15) is 31.5 Å². The number of nitrogens with zero attached hydrogens (tertiary/aromatic N) is 3. The molecular formula is C20H25ClN4O2. The van der Waals surface area contributed by atoms with E-state index in [2.05, 4.69) is 20.2 Å². The summed E-state index contributed by atoms with van der Waals surface area (Å²) in [5.41, 5.74) is 0.612. The van der Waals surface area contributed by atoms with Crippen molar-refractivity contribution in [1.29, 1.82) is 0 Å². The molecule has 7 heteroatoms. The summed E-state index contributed by atoms with van der Waals surface area (Å²) in [6.07, 6.45) is 7.19. The van der Waals surface area contributed by atoms with E-state index in [1.54, 1.807) is 37.7 Å². The molecule has 0 radical (unpaired) electrons. The van der Waals surface area contributed by atoms with Crippen molar-refractivity contribution in [3.8, 4) is 5.75 Å². The molecule has 2 aromatic rings. The van der Waals surface area contributed by atoms with E-state index < -0.39 is 0 Å². The summed E-state index contributed by atoms with van der Waals surface area (Å²) in [6, 6.07) is 7.03. The Bertz CT molecular complexity index is 757. The first-order chi connectivity index (χ1) is 13.1. The van der Waals surface area contributed by atoms with Crippen molar-refractivity contribution < 1.29 is 9.53 Å². The molecule has 0 aliphatic carbocycles. The SMILES string of the molecule is COc1ccc(Cl)cc1NC(=O)CC[C@H]1CCCN(Cc2ncccn2)C1. The topological polar surface area (TPSA) is 67.3 Å². The molecule has 0 unspecified atom stereocenters. The molecule has 1 atom stereocenters. The summed E-state index contributed by atoms with van der Waals surface area (Å²) in [5, 5.41) is 3.48. The van der Waals surface area contributed by atoms with Crippen LogP contribution in [0, 0.1) is 5.92 Å². The Balaban J connectivity index is 1.48. The Kier molecular flexibility index (Phi) is 7.01. The fourth-order valence-corrected chi connectivity index (χ4v) is 3.64. The summed E-state index contributed by atoms with van der Waals surface area (Å²) in [5.74, 6) is 1.96. The largest absolute Gasteiger partial charge is 0.495 e. The van der Waals surface area contributed by atoms with Gasteiger partial charge >= 0.3 is 0 Å². The number of piperidine rings is 1. The number of hydrogen-bond donors (Lipinski definition) is 1. The fraction of sp³-hybridized carbons (Fsp3) is 0.450. The minimum absolute atomic E-state index is 0.0147. The number of ether oxygens (including phenoxy) is 1. The lowest BCUT2D eigenvalue weighted by atomic mass is 9.93. The number of aromatic nitrogens is 2. The van der Waals surface area contributed by atoms with Gasteiger partial charge in [-0.15, -0.1) is 0 Å². The molecule has 2 heterocycles. The van der Waals surface area contributed by atoms with Gasteiger partial charge in [-0.1, -0.05) is 11.6 Å². The average Bonchev–Trinajstić information content (AvgIpc) is 2.68. The Labute approximate surface area is 164 Å². The average molecular weight is 389 g/mol. The highest BCUT2D eigenvalue weighted by atomic mass is 35.5.